The van der Waals surface area contributed by atoms with Crippen LogP contribution < -0.4 is 5.73 Å². The number of nitrogens with zero attached hydrogens (tertiary/aromatic N) is 2. The van der Waals surface area contributed by atoms with Crippen molar-refractivity contribution < 1.29 is 4.42 Å². The Morgan fingerprint density at radius 3 is 2.94 bits per heavy atom. The Hall–Kier alpha value is -2.30. The molecule has 0 unspecified atom stereocenters. The molecule has 0 aliphatic rings. The molecule has 2 heterocycles. The van der Waals surface area contributed by atoms with E-state index in [0.717, 1.165) is 22.4 Å². The minimum atomic E-state index is 0.476. The van der Waals surface area contributed by atoms with Crippen molar-refractivity contribution in [2.75, 3.05) is 5.73 Å². The van der Waals surface area contributed by atoms with Gasteiger partial charge in [-0.05, 0) is 12.1 Å². The summed E-state index contributed by atoms with van der Waals surface area (Å²) in [5.41, 5.74) is 9.03. The highest BCUT2D eigenvalue weighted by molar-refractivity contribution is 5.79. The number of rotatable bonds is 1. The van der Waals surface area contributed by atoms with Gasteiger partial charge in [0.2, 0.25) is 0 Å². The van der Waals surface area contributed by atoms with Gasteiger partial charge in [0.1, 0.15) is 11.3 Å². The van der Waals surface area contributed by atoms with Crippen molar-refractivity contribution in [3.05, 3.63) is 30.2 Å². The first-order valence-corrected chi connectivity index (χ1v) is 4.91. The number of nitrogen functional groups attached to an aromatic ring is 1. The van der Waals surface area contributed by atoms with Gasteiger partial charge >= 0.3 is 0 Å². The number of oxazole rings is 1. The number of H-pyrrole nitrogens is 1. The number of aromatic nitrogens is 3. The maximum atomic E-state index is 5.55. The molecule has 2 aromatic heterocycles. The Morgan fingerprint density at radius 2 is 2.19 bits per heavy atom. The van der Waals surface area contributed by atoms with Crippen LogP contribution >= 0.6 is 0 Å². The van der Waals surface area contributed by atoms with Crippen molar-refractivity contribution >= 4 is 16.9 Å². The van der Waals surface area contributed by atoms with E-state index in [0.29, 0.717) is 11.7 Å². The number of nitrogens with one attached hydrogen (secondary N) is 1. The molecule has 16 heavy (non-hydrogen) atoms. The first kappa shape index (κ1) is 8.96. The van der Waals surface area contributed by atoms with Crippen molar-refractivity contribution in [3.8, 4) is 11.3 Å². The van der Waals surface area contributed by atoms with Gasteiger partial charge in [-0.15, -0.1) is 0 Å². The fourth-order valence-corrected chi connectivity index (χ4v) is 1.69. The van der Waals surface area contributed by atoms with Gasteiger partial charge in [-0.25, -0.2) is 4.98 Å². The predicted molar refractivity (Wildman–Crippen MR) is 60.7 cm³/mol. The molecular formula is C11H10N4O. The number of hydrogen-bond donors (Lipinski definition) is 2. The van der Waals surface area contributed by atoms with Gasteiger partial charge in [-0.2, -0.15) is 5.10 Å². The molecule has 0 spiro atoms. The minimum Gasteiger partial charge on any atom is -0.441 e. The number of aromatic amines is 1. The zero-order valence-electron chi connectivity index (χ0n) is 8.69. The van der Waals surface area contributed by atoms with Crippen LogP contribution in [0.4, 0.5) is 5.82 Å². The summed E-state index contributed by atoms with van der Waals surface area (Å²) in [7, 11) is 0. The maximum Gasteiger partial charge on any atom is 0.192 e. The fourth-order valence-electron chi connectivity index (χ4n) is 1.69. The van der Waals surface area contributed by atoms with Crippen molar-refractivity contribution in [2.24, 2.45) is 0 Å². The lowest BCUT2D eigenvalue weighted by Gasteiger charge is -1.95. The molecule has 0 fully saturated rings. The highest BCUT2D eigenvalue weighted by atomic mass is 16.3. The second-order valence-electron chi connectivity index (χ2n) is 3.62. The van der Waals surface area contributed by atoms with E-state index in [1.807, 2.05) is 25.1 Å². The van der Waals surface area contributed by atoms with E-state index in [4.69, 9.17) is 10.2 Å². The van der Waals surface area contributed by atoms with E-state index >= 15 is 0 Å². The summed E-state index contributed by atoms with van der Waals surface area (Å²) in [5.74, 6) is 1.14. The van der Waals surface area contributed by atoms with E-state index < -0.39 is 0 Å². The van der Waals surface area contributed by atoms with Gasteiger partial charge in [0.25, 0.3) is 0 Å². The second kappa shape index (κ2) is 3.10. The van der Waals surface area contributed by atoms with Crippen LogP contribution in [0.5, 0.6) is 0 Å². The van der Waals surface area contributed by atoms with Gasteiger partial charge in [0.05, 0.1) is 5.69 Å². The number of fused-ring (bicyclic) bond motifs is 1. The Labute approximate surface area is 91.3 Å². The summed E-state index contributed by atoms with van der Waals surface area (Å²) in [6.07, 6.45) is 0. The van der Waals surface area contributed by atoms with Crippen LogP contribution in [0.1, 0.15) is 5.89 Å². The third-order valence-corrected chi connectivity index (χ3v) is 2.40. The Bertz CT molecular complexity index is 653. The SMILES string of the molecule is Cc1nc2ccc(-c3cc(N)n[nH]3)cc2o1. The quantitative estimate of drug-likeness (QED) is 0.650. The Balaban J connectivity index is 2.17. The fraction of sp³-hybridized carbons (Fsp3) is 0.0909. The third kappa shape index (κ3) is 1.33. The monoisotopic (exact) mass is 214 g/mol. The number of benzene rings is 1. The molecule has 3 N–H and O–H groups in total. The van der Waals surface area contributed by atoms with Crippen LogP contribution in [-0.4, -0.2) is 15.2 Å². The molecule has 80 valence electrons. The number of hydrogen-bond acceptors (Lipinski definition) is 4. The molecule has 3 aromatic rings. The first-order valence-electron chi connectivity index (χ1n) is 4.91. The summed E-state index contributed by atoms with van der Waals surface area (Å²) < 4.78 is 5.46. The summed E-state index contributed by atoms with van der Waals surface area (Å²) in [4.78, 5) is 4.24. The van der Waals surface area contributed by atoms with Crippen LogP contribution in [0.3, 0.4) is 0 Å². The molecule has 3 rings (SSSR count). The molecule has 0 saturated carbocycles. The van der Waals surface area contributed by atoms with Gasteiger partial charge in [0, 0.05) is 18.6 Å². The topological polar surface area (TPSA) is 80.7 Å². The first-order chi connectivity index (χ1) is 7.72. The van der Waals surface area contributed by atoms with Crippen LogP contribution in [0, 0.1) is 6.92 Å². The molecule has 0 aliphatic heterocycles. The van der Waals surface area contributed by atoms with E-state index in [2.05, 4.69) is 15.2 Å². The third-order valence-electron chi connectivity index (χ3n) is 2.40. The molecule has 0 saturated heterocycles. The average molecular weight is 214 g/mol. The molecule has 0 radical (unpaired) electrons. The van der Waals surface area contributed by atoms with Gasteiger partial charge in [0.15, 0.2) is 11.5 Å². The van der Waals surface area contributed by atoms with Crippen molar-refractivity contribution in [1.82, 2.24) is 15.2 Å². The highest BCUT2D eigenvalue weighted by Crippen LogP contribution is 2.24. The Morgan fingerprint density at radius 1 is 1.31 bits per heavy atom. The van der Waals surface area contributed by atoms with Crippen LogP contribution in [0.15, 0.2) is 28.7 Å². The second-order valence-corrected chi connectivity index (χ2v) is 3.62. The normalized spacial score (nSPS) is 11.1. The van der Waals surface area contributed by atoms with E-state index in [1.54, 1.807) is 6.07 Å². The van der Waals surface area contributed by atoms with Gasteiger partial charge in [-0.1, -0.05) is 6.07 Å². The number of nitrogens with two attached hydrogens (primary N) is 1. The van der Waals surface area contributed by atoms with E-state index in [9.17, 15) is 0 Å². The van der Waals surface area contributed by atoms with Crippen molar-refractivity contribution in [1.29, 1.82) is 0 Å². The lowest BCUT2D eigenvalue weighted by atomic mass is 10.1. The Kier molecular flexibility index (Phi) is 1.73. The lowest BCUT2D eigenvalue weighted by molar-refractivity contribution is 0.561. The molecule has 0 aliphatic carbocycles. The number of anilines is 1. The number of aryl methyl sites for hydroxylation is 1. The van der Waals surface area contributed by atoms with Crippen molar-refractivity contribution in [3.63, 3.8) is 0 Å². The summed E-state index contributed by atoms with van der Waals surface area (Å²) in [6, 6.07) is 7.57. The lowest BCUT2D eigenvalue weighted by Crippen LogP contribution is -1.81. The zero-order chi connectivity index (χ0) is 11.1. The van der Waals surface area contributed by atoms with Crippen molar-refractivity contribution in [2.45, 2.75) is 6.92 Å². The van der Waals surface area contributed by atoms with Crippen LogP contribution in [-0.2, 0) is 0 Å². The smallest absolute Gasteiger partial charge is 0.192 e. The summed E-state index contributed by atoms with van der Waals surface area (Å²) in [5, 5.41) is 6.74. The standard InChI is InChI=1S/C11H10N4O/c1-6-13-8-3-2-7(4-10(8)16-6)9-5-11(12)15-14-9/h2-5H,1H3,(H3,12,14,15). The van der Waals surface area contributed by atoms with Gasteiger partial charge < -0.3 is 10.2 Å². The summed E-state index contributed by atoms with van der Waals surface area (Å²) in [6.45, 7) is 1.83. The molecule has 5 heteroatoms. The molecule has 1 aromatic carbocycles. The largest absolute Gasteiger partial charge is 0.441 e. The molecule has 0 amide bonds. The minimum absolute atomic E-state index is 0.476. The molecule has 0 atom stereocenters. The highest BCUT2D eigenvalue weighted by Gasteiger charge is 2.06. The predicted octanol–water partition coefficient (Wildman–Crippen LogP) is 2.11. The maximum absolute atomic E-state index is 5.55. The summed E-state index contributed by atoms with van der Waals surface area (Å²) >= 11 is 0. The van der Waals surface area contributed by atoms with E-state index in [-0.39, 0.29) is 0 Å². The molecule has 0 bridgehead atoms. The van der Waals surface area contributed by atoms with Crippen LogP contribution in [0.2, 0.25) is 0 Å². The van der Waals surface area contributed by atoms with Gasteiger partial charge in [-0.3, -0.25) is 5.10 Å². The molecule has 5 nitrogen and oxygen atoms in total. The molecular weight excluding hydrogens is 204 g/mol. The zero-order valence-corrected chi connectivity index (χ0v) is 8.69. The van der Waals surface area contributed by atoms with E-state index in [1.165, 1.54) is 0 Å². The van der Waals surface area contributed by atoms with Crippen LogP contribution in [0.25, 0.3) is 22.4 Å². The average Bonchev–Trinajstić information content (AvgIpc) is 2.81.